The predicted molar refractivity (Wildman–Crippen MR) is 50.2 cm³/mol. The minimum Gasteiger partial charge on any atom is -0.502 e. The number of anilines is 1. The van der Waals surface area contributed by atoms with Crippen molar-refractivity contribution in [3.63, 3.8) is 0 Å². The van der Waals surface area contributed by atoms with Crippen molar-refractivity contribution in [1.29, 1.82) is 0 Å². The lowest BCUT2D eigenvalue weighted by molar-refractivity contribution is 0.429. The van der Waals surface area contributed by atoms with Gasteiger partial charge in [-0.05, 0) is 6.42 Å². The van der Waals surface area contributed by atoms with Crippen LogP contribution in [0.3, 0.4) is 0 Å². The van der Waals surface area contributed by atoms with Gasteiger partial charge in [-0.25, -0.2) is 0 Å². The Morgan fingerprint density at radius 2 is 2.23 bits per heavy atom. The summed E-state index contributed by atoms with van der Waals surface area (Å²) < 4.78 is 4.80. The third-order valence-electron chi connectivity index (χ3n) is 1.79. The van der Waals surface area contributed by atoms with Crippen molar-refractivity contribution in [2.24, 2.45) is 0 Å². The van der Waals surface area contributed by atoms with Crippen LogP contribution in [0.5, 0.6) is 5.75 Å². The fourth-order valence-electron chi connectivity index (χ4n) is 1.12. The van der Waals surface area contributed by atoms with Crippen LogP contribution >= 0.6 is 0 Å². The SMILES string of the molecule is CCCN(C)c1cocc(O)c1=O. The number of aromatic hydroxyl groups is 1. The largest absolute Gasteiger partial charge is 0.502 e. The molecule has 1 rings (SSSR count). The summed E-state index contributed by atoms with van der Waals surface area (Å²) in [5.74, 6) is -0.347. The molecule has 0 aromatic carbocycles. The molecule has 0 amide bonds. The van der Waals surface area contributed by atoms with Gasteiger partial charge in [0, 0.05) is 13.6 Å². The molecular weight excluding hydrogens is 170 g/mol. The molecule has 72 valence electrons. The summed E-state index contributed by atoms with van der Waals surface area (Å²) >= 11 is 0. The van der Waals surface area contributed by atoms with E-state index in [2.05, 4.69) is 0 Å². The summed E-state index contributed by atoms with van der Waals surface area (Å²) in [6, 6.07) is 0. The van der Waals surface area contributed by atoms with E-state index in [1.807, 2.05) is 6.92 Å². The van der Waals surface area contributed by atoms with Crippen LogP contribution in [-0.2, 0) is 0 Å². The molecule has 1 aromatic heterocycles. The van der Waals surface area contributed by atoms with Gasteiger partial charge in [-0.1, -0.05) is 6.92 Å². The minimum absolute atomic E-state index is 0.347. The number of rotatable bonds is 3. The standard InChI is InChI=1S/C9H13NO3/c1-3-4-10(2)7-5-13-6-8(11)9(7)12/h5-6,11H,3-4H2,1-2H3. The molecule has 0 spiro atoms. The fourth-order valence-corrected chi connectivity index (χ4v) is 1.12. The molecule has 1 heterocycles. The van der Waals surface area contributed by atoms with E-state index in [0.717, 1.165) is 19.2 Å². The zero-order valence-corrected chi connectivity index (χ0v) is 7.78. The molecule has 0 saturated carbocycles. The van der Waals surface area contributed by atoms with Gasteiger partial charge in [0.25, 0.3) is 0 Å². The van der Waals surface area contributed by atoms with Gasteiger partial charge in [0.15, 0.2) is 0 Å². The van der Waals surface area contributed by atoms with Crippen molar-refractivity contribution in [1.82, 2.24) is 0 Å². The molecule has 0 radical (unpaired) electrons. The molecule has 4 heteroatoms. The third kappa shape index (κ3) is 2.02. The van der Waals surface area contributed by atoms with Crippen LogP contribution in [0.4, 0.5) is 5.69 Å². The van der Waals surface area contributed by atoms with Crippen LogP contribution in [0.2, 0.25) is 0 Å². The van der Waals surface area contributed by atoms with E-state index in [4.69, 9.17) is 9.52 Å². The zero-order chi connectivity index (χ0) is 9.84. The minimum atomic E-state index is -0.387. The van der Waals surface area contributed by atoms with Gasteiger partial charge in [0.05, 0.1) is 0 Å². The molecule has 13 heavy (non-hydrogen) atoms. The Bertz CT molecular complexity index is 332. The molecule has 4 nitrogen and oxygen atoms in total. The van der Waals surface area contributed by atoms with Crippen molar-refractivity contribution in [3.8, 4) is 5.75 Å². The maximum atomic E-state index is 11.3. The Balaban J connectivity index is 3.01. The lowest BCUT2D eigenvalue weighted by Crippen LogP contribution is -2.23. The molecule has 0 aliphatic rings. The van der Waals surface area contributed by atoms with Crippen molar-refractivity contribution in [2.75, 3.05) is 18.5 Å². The van der Waals surface area contributed by atoms with E-state index in [1.165, 1.54) is 6.26 Å². The summed E-state index contributed by atoms with van der Waals surface area (Å²) in [4.78, 5) is 13.1. The number of hydrogen-bond donors (Lipinski definition) is 1. The topological polar surface area (TPSA) is 53.7 Å². The van der Waals surface area contributed by atoms with Crippen molar-refractivity contribution in [2.45, 2.75) is 13.3 Å². The van der Waals surface area contributed by atoms with Crippen molar-refractivity contribution in [3.05, 3.63) is 22.7 Å². The second kappa shape index (κ2) is 3.98. The first-order valence-electron chi connectivity index (χ1n) is 4.17. The van der Waals surface area contributed by atoms with Crippen molar-refractivity contribution < 1.29 is 9.52 Å². The second-order valence-corrected chi connectivity index (χ2v) is 2.89. The van der Waals surface area contributed by atoms with Crippen LogP contribution in [-0.4, -0.2) is 18.7 Å². The quantitative estimate of drug-likeness (QED) is 0.764. The maximum absolute atomic E-state index is 11.3. The molecule has 0 bridgehead atoms. The summed E-state index contributed by atoms with van der Waals surface area (Å²) in [5.41, 5.74) is 0.00375. The predicted octanol–water partition coefficient (Wildman–Crippen LogP) is 1.19. The fraction of sp³-hybridized carbons (Fsp3) is 0.444. The Morgan fingerprint density at radius 3 is 2.85 bits per heavy atom. The molecule has 0 fully saturated rings. The van der Waals surface area contributed by atoms with E-state index in [-0.39, 0.29) is 11.2 Å². The first-order chi connectivity index (χ1) is 6.16. The van der Waals surface area contributed by atoms with Crippen LogP contribution in [0.15, 0.2) is 21.7 Å². The lowest BCUT2D eigenvalue weighted by atomic mass is 10.3. The van der Waals surface area contributed by atoms with Crippen LogP contribution in [0, 0.1) is 0 Å². The highest BCUT2D eigenvalue weighted by Gasteiger charge is 2.08. The average molecular weight is 183 g/mol. The van der Waals surface area contributed by atoms with E-state index in [0.29, 0.717) is 5.69 Å². The Kier molecular flexibility index (Phi) is 2.95. The molecule has 0 unspecified atom stereocenters. The van der Waals surface area contributed by atoms with Gasteiger partial charge in [0.2, 0.25) is 11.2 Å². The van der Waals surface area contributed by atoms with E-state index < -0.39 is 0 Å². The van der Waals surface area contributed by atoms with E-state index in [1.54, 1.807) is 11.9 Å². The van der Waals surface area contributed by atoms with Gasteiger partial charge < -0.3 is 14.4 Å². The van der Waals surface area contributed by atoms with Crippen molar-refractivity contribution >= 4 is 5.69 Å². The Morgan fingerprint density at radius 1 is 1.54 bits per heavy atom. The van der Waals surface area contributed by atoms with Gasteiger partial charge in [0.1, 0.15) is 18.2 Å². The monoisotopic (exact) mass is 183 g/mol. The average Bonchev–Trinajstić information content (AvgIpc) is 2.10. The Labute approximate surface area is 76.4 Å². The molecule has 0 saturated heterocycles. The Hall–Kier alpha value is -1.45. The highest BCUT2D eigenvalue weighted by molar-refractivity contribution is 5.45. The smallest absolute Gasteiger partial charge is 0.249 e. The second-order valence-electron chi connectivity index (χ2n) is 2.89. The normalized spacial score (nSPS) is 10.0. The van der Waals surface area contributed by atoms with Crippen LogP contribution < -0.4 is 10.3 Å². The molecule has 1 N–H and O–H groups in total. The first kappa shape index (κ1) is 9.64. The summed E-state index contributed by atoms with van der Waals surface area (Å²) in [5, 5.41) is 9.08. The summed E-state index contributed by atoms with van der Waals surface area (Å²) in [7, 11) is 1.79. The first-order valence-corrected chi connectivity index (χ1v) is 4.17. The van der Waals surface area contributed by atoms with Gasteiger partial charge in [-0.3, -0.25) is 4.79 Å². The maximum Gasteiger partial charge on any atom is 0.249 e. The molecule has 0 atom stereocenters. The highest BCUT2D eigenvalue weighted by atomic mass is 16.3. The van der Waals surface area contributed by atoms with Gasteiger partial charge in [-0.15, -0.1) is 0 Å². The van der Waals surface area contributed by atoms with Crippen LogP contribution in [0.25, 0.3) is 0 Å². The molecule has 1 aromatic rings. The summed E-state index contributed by atoms with van der Waals surface area (Å²) in [6.45, 7) is 2.77. The molecule has 0 aliphatic carbocycles. The zero-order valence-electron chi connectivity index (χ0n) is 7.78. The number of hydrogen-bond acceptors (Lipinski definition) is 4. The number of nitrogens with zero attached hydrogens (tertiary/aromatic N) is 1. The highest BCUT2D eigenvalue weighted by Crippen LogP contribution is 2.10. The lowest BCUT2D eigenvalue weighted by Gasteiger charge is -2.16. The van der Waals surface area contributed by atoms with Crippen LogP contribution in [0.1, 0.15) is 13.3 Å². The summed E-state index contributed by atoms with van der Waals surface area (Å²) in [6.07, 6.45) is 3.31. The van der Waals surface area contributed by atoms with E-state index in [9.17, 15) is 4.79 Å². The van der Waals surface area contributed by atoms with Gasteiger partial charge >= 0.3 is 0 Å². The molecular formula is C9H13NO3. The van der Waals surface area contributed by atoms with E-state index >= 15 is 0 Å². The molecule has 0 aliphatic heterocycles. The van der Waals surface area contributed by atoms with Gasteiger partial charge in [-0.2, -0.15) is 0 Å². The third-order valence-corrected chi connectivity index (χ3v) is 1.79.